The highest BCUT2D eigenvalue weighted by Gasteiger charge is 2.26. The summed E-state index contributed by atoms with van der Waals surface area (Å²) in [5.74, 6) is -1.44. The SMILES string of the molecule is Cc1ccc(C(C)(C)CN(C)C(=O)c2cccc(C(=O)O)n2)cc1. The number of hydrogen-bond acceptors (Lipinski definition) is 3. The van der Waals surface area contributed by atoms with Gasteiger partial charge in [0.15, 0.2) is 0 Å². The van der Waals surface area contributed by atoms with Gasteiger partial charge in [0.2, 0.25) is 0 Å². The topological polar surface area (TPSA) is 70.5 Å². The highest BCUT2D eigenvalue weighted by molar-refractivity contribution is 5.94. The van der Waals surface area contributed by atoms with E-state index in [9.17, 15) is 9.59 Å². The van der Waals surface area contributed by atoms with E-state index in [-0.39, 0.29) is 22.7 Å². The van der Waals surface area contributed by atoms with Crippen LogP contribution in [0.15, 0.2) is 42.5 Å². The van der Waals surface area contributed by atoms with E-state index in [4.69, 9.17) is 5.11 Å². The molecule has 126 valence electrons. The first kappa shape index (κ1) is 17.7. The normalized spacial score (nSPS) is 11.2. The van der Waals surface area contributed by atoms with Gasteiger partial charge in [0, 0.05) is 19.0 Å². The Morgan fingerprint density at radius 2 is 1.67 bits per heavy atom. The number of carboxylic acids is 1. The van der Waals surface area contributed by atoms with Crippen LogP contribution >= 0.6 is 0 Å². The number of rotatable bonds is 5. The Morgan fingerprint density at radius 1 is 1.08 bits per heavy atom. The van der Waals surface area contributed by atoms with Gasteiger partial charge in [-0.2, -0.15) is 0 Å². The van der Waals surface area contributed by atoms with Crippen LogP contribution < -0.4 is 0 Å². The van der Waals surface area contributed by atoms with E-state index in [0.29, 0.717) is 6.54 Å². The van der Waals surface area contributed by atoms with Crippen LogP contribution in [0.25, 0.3) is 0 Å². The lowest BCUT2D eigenvalue weighted by Gasteiger charge is -2.31. The van der Waals surface area contributed by atoms with E-state index < -0.39 is 5.97 Å². The Morgan fingerprint density at radius 3 is 2.25 bits per heavy atom. The standard InChI is InChI=1S/C19H22N2O3/c1-13-8-10-14(11-9-13)19(2,3)12-21(4)17(22)15-6-5-7-16(20-15)18(23)24/h5-11H,12H2,1-4H3,(H,23,24). The Bertz CT molecular complexity index is 751. The summed E-state index contributed by atoms with van der Waals surface area (Å²) in [5, 5.41) is 9.00. The second kappa shape index (κ2) is 6.83. The van der Waals surface area contributed by atoms with Crippen molar-refractivity contribution < 1.29 is 14.7 Å². The first-order valence-electron chi connectivity index (χ1n) is 7.74. The van der Waals surface area contributed by atoms with Crippen LogP contribution in [-0.2, 0) is 5.41 Å². The molecule has 5 heteroatoms. The molecule has 24 heavy (non-hydrogen) atoms. The van der Waals surface area contributed by atoms with Gasteiger partial charge in [-0.3, -0.25) is 4.79 Å². The van der Waals surface area contributed by atoms with Gasteiger partial charge in [0.05, 0.1) is 0 Å². The van der Waals surface area contributed by atoms with E-state index in [1.165, 1.54) is 23.8 Å². The van der Waals surface area contributed by atoms with Gasteiger partial charge in [-0.25, -0.2) is 9.78 Å². The van der Waals surface area contributed by atoms with Crippen LogP contribution in [-0.4, -0.2) is 40.5 Å². The van der Waals surface area contributed by atoms with Gasteiger partial charge in [0.25, 0.3) is 5.91 Å². The molecule has 0 aliphatic carbocycles. The highest BCUT2D eigenvalue weighted by Crippen LogP contribution is 2.24. The Kier molecular flexibility index (Phi) is 5.02. The summed E-state index contributed by atoms with van der Waals surface area (Å²) >= 11 is 0. The van der Waals surface area contributed by atoms with Gasteiger partial charge in [0.1, 0.15) is 11.4 Å². The summed E-state index contributed by atoms with van der Waals surface area (Å²) in [4.78, 5) is 29.0. The van der Waals surface area contributed by atoms with Gasteiger partial charge < -0.3 is 10.0 Å². The van der Waals surface area contributed by atoms with Crippen molar-refractivity contribution in [1.82, 2.24) is 9.88 Å². The van der Waals surface area contributed by atoms with E-state index in [1.54, 1.807) is 11.9 Å². The Labute approximate surface area is 142 Å². The summed E-state index contributed by atoms with van der Waals surface area (Å²) in [6.07, 6.45) is 0. The zero-order valence-corrected chi connectivity index (χ0v) is 14.4. The molecule has 0 aliphatic rings. The van der Waals surface area contributed by atoms with E-state index in [0.717, 1.165) is 5.56 Å². The number of pyridine rings is 1. The van der Waals surface area contributed by atoms with Crippen LogP contribution in [0.1, 0.15) is 46.0 Å². The monoisotopic (exact) mass is 326 g/mol. The Balaban J connectivity index is 2.17. The molecule has 1 amide bonds. The fourth-order valence-corrected chi connectivity index (χ4v) is 2.63. The number of aromatic nitrogens is 1. The predicted molar refractivity (Wildman–Crippen MR) is 92.4 cm³/mol. The van der Waals surface area contributed by atoms with Crippen molar-refractivity contribution in [3.8, 4) is 0 Å². The van der Waals surface area contributed by atoms with Crippen molar-refractivity contribution in [2.24, 2.45) is 0 Å². The number of carbonyl (C=O) groups excluding carboxylic acids is 1. The minimum atomic E-state index is -1.15. The molecule has 5 nitrogen and oxygen atoms in total. The summed E-state index contributed by atoms with van der Waals surface area (Å²) in [6.45, 7) is 6.67. The summed E-state index contributed by atoms with van der Waals surface area (Å²) in [5.41, 5.74) is 2.10. The lowest BCUT2D eigenvalue weighted by Crippen LogP contribution is -2.38. The number of amides is 1. The fourth-order valence-electron chi connectivity index (χ4n) is 2.63. The molecule has 0 aliphatic heterocycles. The molecule has 1 N–H and O–H groups in total. The smallest absolute Gasteiger partial charge is 0.354 e. The van der Waals surface area contributed by atoms with Crippen LogP contribution in [0, 0.1) is 6.92 Å². The minimum Gasteiger partial charge on any atom is -0.477 e. The summed E-state index contributed by atoms with van der Waals surface area (Å²) in [7, 11) is 1.70. The van der Waals surface area contributed by atoms with E-state index >= 15 is 0 Å². The maximum absolute atomic E-state index is 12.6. The Hall–Kier alpha value is -2.69. The fraction of sp³-hybridized carbons (Fsp3) is 0.316. The third-order valence-electron chi connectivity index (χ3n) is 4.00. The number of aromatic carboxylic acids is 1. The molecular weight excluding hydrogens is 304 g/mol. The highest BCUT2D eigenvalue weighted by atomic mass is 16.4. The number of aryl methyl sites for hydroxylation is 1. The molecule has 2 aromatic rings. The molecule has 0 fully saturated rings. The van der Waals surface area contributed by atoms with E-state index in [1.807, 2.05) is 6.92 Å². The lowest BCUT2D eigenvalue weighted by atomic mass is 9.84. The van der Waals surface area contributed by atoms with Gasteiger partial charge in [-0.15, -0.1) is 0 Å². The molecule has 0 bridgehead atoms. The maximum Gasteiger partial charge on any atom is 0.354 e. The zero-order chi connectivity index (χ0) is 17.9. The number of carboxylic acid groups (broad SMARTS) is 1. The van der Waals surface area contributed by atoms with Crippen molar-refractivity contribution in [2.45, 2.75) is 26.2 Å². The quantitative estimate of drug-likeness (QED) is 0.916. The third kappa shape index (κ3) is 3.98. The first-order chi connectivity index (χ1) is 11.2. The molecule has 0 unspecified atom stereocenters. The van der Waals surface area contributed by atoms with Crippen molar-refractivity contribution >= 4 is 11.9 Å². The van der Waals surface area contributed by atoms with Crippen molar-refractivity contribution in [1.29, 1.82) is 0 Å². The number of hydrogen-bond donors (Lipinski definition) is 1. The second-order valence-electron chi connectivity index (χ2n) is 6.62. The zero-order valence-electron chi connectivity index (χ0n) is 14.4. The molecule has 0 atom stereocenters. The molecule has 1 aromatic heterocycles. The average molecular weight is 326 g/mol. The molecule has 0 spiro atoms. The maximum atomic E-state index is 12.6. The van der Waals surface area contributed by atoms with Gasteiger partial charge >= 0.3 is 5.97 Å². The van der Waals surface area contributed by atoms with Crippen molar-refractivity contribution in [3.63, 3.8) is 0 Å². The largest absolute Gasteiger partial charge is 0.477 e. The molecular formula is C19H22N2O3. The third-order valence-corrected chi connectivity index (χ3v) is 4.00. The number of nitrogens with zero attached hydrogens (tertiary/aromatic N) is 2. The summed E-state index contributed by atoms with van der Waals surface area (Å²) in [6, 6.07) is 12.7. The van der Waals surface area contributed by atoms with Crippen LogP contribution in [0.5, 0.6) is 0 Å². The molecule has 1 aromatic carbocycles. The molecule has 0 saturated heterocycles. The van der Waals surface area contributed by atoms with Gasteiger partial charge in [-0.05, 0) is 24.6 Å². The summed E-state index contributed by atoms with van der Waals surface area (Å²) < 4.78 is 0. The average Bonchev–Trinajstić information content (AvgIpc) is 2.54. The van der Waals surface area contributed by atoms with E-state index in [2.05, 4.69) is 43.1 Å². The lowest BCUT2D eigenvalue weighted by molar-refractivity contribution is 0.0689. The number of carbonyl (C=O) groups is 2. The first-order valence-corrected chi connectivity index (χ1v) is 7.74. The molecule has 0 saturated carbocycles. The number of benzene rings is 1. The van der Waals surface area contributed by atoms with Crippen LogP contribution in [0.2, 0.25) is 0 Å². The van der Waals surface area contributed by atoms with Crippen molar-refractivity contribution in [3.05, 3.63) is 65.0 Å². The molecule has 2 rings (SSSR count). The van der Waals surface area contributed by atoms with Crippen molar-refractivity contribution in [2.75, 3.05) is 13.6 Å². The minimum absolute atomic E-state index is 0.132. The predicted octanol–water partition coefficient (Wildman–Crippen LogP) is 3.14. The molecule has 1 heterocycles. The van der Waals surface area contributed by atoms with Gasteiger partial charge in [-0.1, -0.05) is 49.7 Å². The number of likely N-dealkylation sites (N-methyl/N-ethyl adjacent to an activating group) is 1. The molecule has 0 radical (unpaired) electrons. The van der Waals surface area contributed by atoms with Crippen LogP contribution in [0.3, 0.4) is 0 Å². The second-order valence-corrected chi connectivity index (χ2v) is 6.62. The van der Waals surface area contributed by atoms with Crippen LogP contribution in [0.4, 0.5) is 0 Å².